The molecule has 1 aliphatic heterocycles. The molecule has 0 aromatic heterocycles. The molecule has 0 atom stereocenters. The minimum Gasteiger partial charge on any atom is -0.314 e. The Hall–Kier alpha value is -0.500. The van der Waals surface area contributed by atoms with E-state index in [0.29, 0.717) is 13.1 Å². The van der Waals surface area contributed by atoms with E-state index in [9.17, 15) is 12.8 Å². The van der Waals surface area contributed by atoms with E-state index in [0.717, 1.165) is 18.9 Å². The maximum atomic E-state index is 13.5. The summed E-state index contributed by atoms with van der Waals surface area (Å²) in [6, 6.07) is 3.91. The smallest absolute Gasteiger partial charge is 0.243 e. The van der Waals surface area contributed by atoms with Crippen molar-refractivity contribution in [3.8, 4) is 0 Å². The second kappa shape index (κ2) is 5.71. The van der Waals surface area contributed by atoms with Crippen molar-refractivity contribution in [3.05, 3.63) is 28.5 Å². The third kappa shape index (κ3) is 3.05. The monoisotopic (exact) mass is 364 g/mol. The van der Waals surface area contributed by atoms with Gasteiger partial charge in [0, 0.05) is 18.6 Å². The lowest BCUT2D eigenvalue weighted by atomic mass is 9.91. The number of halogens is 2. The molecule has 1 saturated heterocycles. The Balaban J connectivity index is 2.22. The van der Waals surface area contributed by atoms with E-state index in [-0.39, 0.29) is 14.9 Å². The number of nitrogens with zero attached hydrogens (tertiary/aromatic N) is 1. The average molecular weight is 365 g/mol. The number of sulfonamides is 1. The number of piperidine rings is 1. The molecule has 0 radical (unpaired) electrons. The Morgan fingerprint density at radius 1 is 1.35 bits per heavy atom. The minimum atomic E-state index is -3.61. The Kier molecular flexibility index (Phi) is 4.53. The number of benzene rings is 1. The lowest BCUT2D eigenvalue weighted by Crippen LogP contribution is -2.51. The van der Waals surface area contributed by atoms with Crippen LogP contribution in [0.3, 0.4) is 0 Å². The Bertz CT molecular complexity index is 598. The van der Waals surface area contributed by atoms with E-state index >= 15 is 0 Å². The van der Waals surface area contributed by atoms with Gasteiger partial charge in [0.1, 0.15) is 5.82 Å². The zero-order valence-electron chi connectivity index (χ0n) is 11.5. The summed E-state index contributed by atoms with van der Waals surface area (Å²) in [6.45, 7) is 2.96. The second-order valence-corrected chi connectivity index (χ2v) is 8.08. The first-order chi connectivity index (χ1) is 9.28. The van der Waals surface area contributed by atoms with Gasteiger partial charge in [0.2, 0.25) is 10.0 Å². The van der Waals surface area contributed by atoms with Gasteiger partial charge >= 0.3 is 0 Å². The van der Waals surface area contributed by atoms with Crippen molar-refractivity contribution >= 4 is 26.0 Å². The van der Waals surface area contributed by atoms with Crippen LogP contribution in [-0.2, 0) is 10.0 Å². The molecule has 0 aliphatic carbocycles. The van der Waals surface area contributed by atoms with Crippen LogP contribution in [0.2, 0.25) is 0 Å². The molecule has 0 unspecified atom stereocenters. The zero-order valence-corrected chi connectivity index (χ0v) is 13.9. The molecule has 7 heteroatoms. The molecule has 1 aliphatic rings. The van der Waals surface area contributed by atoms with Crippen molar-refractivity contribution in [2.75, 3.05) is 20.1 Å². The van der Waals surface area contributed by atoms with Crippen molar-refractivity contribution in [2.45, 2.75) is 30.2 Å². The fourth-order valence-electron chi connectivity index (χ4n) is 2.26. The van der Waals surface area contributed by atoms with Gasteiger partial charge in [-0.3, -0.25) is 0 Å². The molecule has 1 fully saturated rings. The zero-order chi connectivity index (χ0) is 15.0. The fourth-order valence-corrected chi connectivity index (χ4v) is 3.96. The Labute approximate surface area is 127 Å². The Morgan fingerprint density at radius 3 is 2.45 bits per heavy atom. The van der Waals surface area contributed by atoms with Gasteiger partial charge < -0.3 is 5.32 Å². The van der Waals surface area contributed by atoms with Gasteiger partial charge in [0.15, 0.2) is 0 Å². The lowest BCUT2D eigenvalue weighted by Gasteiger charge is -2.38. The Morgan fingerprint density at radius 2 is 1.95 bits per heavy atom. The van der Waals surface area contributed by atoms with Gasteiger partial charge in [0.25, 0.3) is 0 Å². The standard InChI is InChI=1S/C13H18BrFN2O2S/c1-13(16-2)5-7-17(8-6-13)20(18,19)10-3-4-11(14)12(15)9-10/h3-4,9,16H,5-8H2,1-2H3. The minimum absolute atomic E-state index is 0.00580. The van der Waals surface area contributed by atoms with Gasteiger partial charge in [0.05, 0.1) is 9.37 Å². The highest BCUT2D eigenvalue weighted by Crippen LogP contribution is 2.27. The summed E-state index contributed by atoms with van der Waals surface area (Å²) in [5.41, 5.74) is -0.0308. The van der Waals surface area contributed by atoms with Crippen LogP contribution in [0.25, 0.3) is 0 Å². The third-order valence-electron chi connectivity index (χ3n) is 3.96. The maximum absolute atomic E-state index is 13.5. The van der Waals surface area contributed by atoms with Gasteiger partial charge in [-0.2, -0.15) is 4.31 Å². The lowest BCUT2D eigenvalue weighted by molar-refractivity contribution is 0.219. The second-order valence-electron chi connectivity index (χ2n) is 5.29. The van der Waals surface area contributed by atoms with Crippen LogP contribution in [0.5, 0.6) is 0 Å². The summed E-state index contributed by atoms with van der Waals surface area (Å²) in [4.78, 5) is 0.00580. The molecule has 112 valence electrons. The molecule has 1 aromatic carbocycles. The number of hydrogen-bond donors (Lipinski definition) is 1. The quantitative estimate of drug-likeness (QED) is 0.895. The molecule has 0 bridgehead atoms. The van der Waals surface area contributed by atoms with E-state index in [1.54, 1.807) is 0 Å². The highest BCUT2D eigenvalue weighted by Gasteiger charge is 2.34. The van der Waals surface area contributed by atoms with Gasteiger partial charge in [-0.25, -0.2) is 12.8 Å². The first kappa shape index (κ1) is 15.9. The fraction of sp³-hybridized carbons (Fsp3) is 0.538. The van der Waals surface area contributed by atoms with E-state index < -0.39 is 15.8 Å². The summed E-state index contributed by atoms with van der Waals surface area (Å²) >= 11 is 3.02. The largest absolute Gasteiger partial charge is 0.314 e. The van der Waals surface area contributed by atoms with Crippen molar-refractivity contribution in [1.82, 2.24) is 9.62 Å². The van der Waals surface area contributed by atoms with Crippen LogP contribution in [0.1, 0.15) is 19.8 Å². The number of rotatable bonds is 3. The summed E-state index contributed by atoms with van der Waals surface area (Å²) in [6.07, 6.45) is 1.48. The van der Waals surface area contributed by atoms with E-state index in [2.05, 4.69) is 28.2 Å². The highest BCUT2D eigenvalue weighted by molar-refractivity contribution is 9.10. The van der Waals surface area contributed by atoms with Crippen LogP contribution >= 0.6 is 15.9 Å². The van der Waals surface area contributed by atoms with Crippen molar-refractivity contribution in [2.24, 2.45) is 0 Å². The van der Waals surface area contributed by atoms with Crippen molar-refractivity contribution in [1.29, 1.82) is 0 Å². The van der Waals surface area contributed by atoms with E-state index in [4.69, 9.17) is 0 Å². The van der Waals surface area contributed by atoms with Crippen LogP contribution in [-0.4, -0.2) is 38.4 Å². The normalized spacial score (nSPS) is 20.0. The summed E-state index contributed by atoms with van der Waals surface area (Å²) in [5, 5.41) is 3.22. The average Bonchev–Trinajstić information content (AvgIpc) is 2.42. The summed E-state index contributed by atoms with van der Waals surface area (Å²) < 4.78 is 40.1. The van der Waals surface area contributed by atoms with Crippen LogP contribution in [0, 0.1) is 5.82 Å². The maximum Gasteiger partial charge on any atom is 0.243 e. The summed E-state index contributed by atoms with van der Waals surface area (Å²) in [7, 11) is -1.73. The van der Waals surface area contributed by atoms with Crippen LogP contribution < -0.4 is 5.32 Å². The first-order valence-electron chi connectivity index (χ1n) is 6.43. The van der Waals surface area contributed by atoms with Crippen LogP contribution in [0.15, 0.2) is 27.6 Å². The summed E-state index contributed by atoms with van der Waals surface area (Å²) in [5.74, 6) is -0.567. The molecule has 1 aromatic rings. The first-order valence-corrected chi connectivity index (χ1v) is 8.66. The van der Waals surface area contributed by atoms with Crippen molar-refractivity contribution < 1.29 is 12.8 Å². The molecular formula is C13H18BrFN2O2S. The topological polar surface area (TPSA) is 49.4 Å². The molecule has 4 nitrogen and oxygen atoms in total. The molecular weight excluding hydrogens is 347 g/mol. The van der Waals surface area contributed by atoms with E-state index in [1.165, 1.54) is 16.4 Å². The molecule has 20 heavy (non-hydrogen) atoms. The number of nitrogens with one attached hydrogen (secondary N) is 1. The molecule has 0 amide bonds. The van der Waals surface area contributed by atoms with Crippen molar-refractivity contribution in [3.63, 3.8) is 0 Å². The van der Waals surface area contributed by atoms with Gasteiger partial charge in [-0.05, 0) is 60.9 Å². The predicted molar refractivity (Wildman–Crippen MR) is 79.6 cm³/mol. The molecule has 1 heterocycles. The van der Waals surface area contributed by atoms with Crippen LogP contribution in [0.4, 0.5) is 4.39 Å². The molecule has 0 saturated carbocycles. The third-order valence-corrected chi connectivity index (χ3v) is 6.50. The predicted octanol–water partition coefficient (Wildman–Crippen LogP) is 2.35. The highest BCUT2D eigenvalue weighted by atomic mass is 79.9. The van der Waals surface area contributed by atoms with Gasteiger partial charge in [-0.15, -0.1) is 0 Å². The molecule has 1 N–H and O–H groups in total. The molecule has 0 spiro atoms. The number of hydrogen-bond acceptors (Lipinski definition) is 3. The molecule has 2 rings (SSSR count). The van der Waals surface area contributed by atoms with E-state index in [1.807, 2.05) is 7.05 Å². The van der Waals surface area contributed by atoms with Gasteiger partial charge in [-0.1, -0.05) is 0 Å². The SMILES string of the molecule is CNC1(C)CCN(S(=O)(=O)c2ccc(Br)c(F)c2)CC1.